The van der Waals surface area contributed by atoms with Crippen LogP contribution in [0.5, 0.6) is 0 Å². The zero-order valence-corrected chi connectivity index (χ0v) is 11.6. The Morgan fingerprint density at radius 2 is 2.05 bits per heavy atom. The lowest BCUT2D eigenvalue weighted by atomic mass is 10.1. The molecule has 1 aliphatic rings. The maximum absolute atomic E-state index is 13.2. The summed E-state index contributed by atoms with van der Waals surface area (Å²) >= 11 is 1.79. The van der Waals surface area contributed by atoms with Gasteiger partial charge >= 0.3 is 0 Å². The monoisotopic (exact) mass is 274 g/mol. The van der Waals surface area contributed by atoms with Gasteiger partial charge in [0.2, 0.25) is 0 Å². The van der Waals surface area contributed by atoms with Crippen LogP contribution in [-0.4, -0.2) is 10.7 Å². The molecular formula is C15H15FN2S. The number of hydrogen-bond donors (Lipinski definition) is 1. The van der Waals surface area contributed by atoms with Crippen LogP contribution in [0.15, 0.2) is 30.3 Å². The van der Waals surface area contributed by atoms with Crippen molar-refractivity contribution in [2.75, 3.05) is 0 Å². The molecule has 1 N–H and O–H groups in total. The fourth-order valence-electron chi connectivity index (χ4n) is 2.38. The number of rotatable bonds is 3. The van der Waals surface area contributed by atoms with Crippen molar-refractivity contribution in [3.8, 4) is 0 Å². The van der Waals surface area contributed by atoms with Crippen LogP contribution in [0.2, 0.25) is 0 Å². The molecule has 1 aliphatic heterocycles. The summed E-state index contributed by atoms with van der Waals surface area (Å²) in [6.45, 7) is 3.58. The second-order valence-corrected chi connectivity index (χ2v) is 5.98. The molecule has 0 radical (unpaired) electrons. The van der Waals surface area contributed by atoms with Crippen LogP contribution in [0.1, 0.15) is 27.8 Å². The Morgan fingerprint density at radius 1 is 1.26 bits per heavy atom. The van der Waals surface area contributed by atoms with Crippen LogP contribution in [0.25, 0.3) is 0 Å². The molecule has 0 unspecified atom stereocenters. The van der Waals surface area contributed by atoms with Crippen molar-refractivity contribution in [2.45, 2.75) is 26.4 Å². The summed E-state index contributed by atoms with van der Waals surface area (Å²) in [6, 6.07) is 8.98. The molecule has 98 valence electrons. The molecule has 0 amide bonds. The van der Waals surface area contributed by atoms with E-state index >= 15 is 0 Å². The predicted octanol–water partition coefficient (Wildman–Crippen LogP) is 3.79. The minimum Gasteiger partial charge on any atom is -0.347 e. The van der Waals surface area contributed by atoms with Crippen LogP contribution in [-0.2, 0) is 19.5 Å². The van der Waals surface area contributed by atoms with Gasteiger partial charge in [-0.1, -0.05) is 13.0 Å². The number of aryl methyl sites for hydroxylation is 1. The highest BCUT2D eigenvalue weighted by Gasteiger charge is 2.24. The minimum absolute atomic E-state index is 0.269. The summed E-state index contributed by atoms with van der Waals surface area (Å²) in [5.41, 5.74) is 1.77. The maximum atomic E-state index is 13.2. The first-order valence-electron chi connectivity index (χ1n) is 6.37. The molecule has 0 atom stereocenters. The van der Waals surface area contributed by atoms with Crippen molar-refractivity contribution in [1.29, 1.82) is 5.41 Å². The van der Waals surface area contributed by atoms with Crippen LogP contribution < -0.4 is 0 Å². The molecular weight excluding hydrogens is 259 g/mol. The zero-order valence-electron chi connectivity index (χ0n) is 10.7. The highest BCUT2D eigenvalue weighted by molar-refractivity contribution is 7.11. The zero-order chi connectivity index (χ0) is 13.4. The highest BCUT2D eigenvalue weighted by atomic mass is 32.1. The lowest BCUT2D eigenvalue weighted by Crippen LogP contribution is -2.22. The summed E-state index contributed by atoms with van der Waals surface area (Å²) in [6.07, 6.45) is 1.05. The molecule has 2 aromatic rings. The van der Waals surface area contributed by atoms with Crippen molar-refractivity contribution in [2.24, 2.45) is 0 Å². The van der Waals surface area contributed by atoms with Crippen molar-refractivity contribution in [1.82, 2.24) is 4.90 Å². The van der Waals surface area contributed by atoms with Crippen molar-refractivity contribution >= 4 is 17.2 Å². The van der Waals surface area contributed by atoms with Crippen LogP contribution >= 0.6 is 11.3 Å². The van der Waals surface area contributed by atoms with Gasteiger partial charge in [0.1, 0.15) is 11.7 Å². The Bertz CT molecular complexity index is 633. The Hall–Kier alpha value is -1.68. The first-order valence-corrected chi connectivity index (χ1v) is 7.19. The van der Waals surface area contributed by atoms with Crippen molar-refractivity contribution < 1.29 is 4.39 Å². The van der Waals surface area contributed by atoms with E-state index < -0.39 is 0 Å². The van der Waals surface area contributed by atoms with Gasteiger partial charge in [-0.2, -0.15) is 0 Å². The van der Waals surface area contributed by atoms with Crippen molar-refractivity contribution in [3.05, 3.63) is 57.0 Å². The molecule has 0 saturated heterocycles. The second kappa shape index (κ2) is 4.78. The van der Waals surface area contributed by atoms with Gasteiger partial charge in [-0.05, 0) is 36.2 Å². The minimum atomic E-state index is -0.269. The normalized spacial score (nSPS) is 14.0. The van der Waals surface area contributed by atoms with Gasteiger partial charge < -0.3 is 4.90 Å². The number of halogens is 1. The highest BCUT2D eigenvalue weighted by Crippen LogP contribution is 2.27. The van der Waals surface area contributed by atoms with Gasteiger partial charge in [-0.15, -0.1) is 11.3 Å². The maximum Gasteiger partial charge on any atom is 0.129 e. The quantitative estimate of drug-likeness (QED) is 0.905. The van der Waals surface area contributed by atoms with E-state index in [1.54, 1.807) is 17.4 Å². The third kappa shape index (κ3) is 2.28. The third-order valence-electron chi connectivity index (χ3n) is 3.42. The van der Waals surface area contributed by atoms with E-state index in [0.717, 1.165) is 24.1 Å². The fourth-order valence-corrected chi connectivity index (χ4v) is 3.36. The Morgan fingerprint density at radius 3 is 2.79 bits per heavy atom. The molecule has 3 rings (SSSR count). The molecule has 0 fully saturated rings. The first kappa shape index (κ1) is 12.4. The number of nitrogens with one attached hydrogen (secondary N) is 1. The van der Waals surface area contributed by atoms with Gasteiger partial charge in [0.05, 0.1) is 6.54 Å². The van der Waals surface area contributed by atoms with Gasteiger partial charge in [-0.3, -0.25) is 5.41 Å². The number of amidine groups is 1. The molecule has 19 heavy (non-hydrogen) atoms. The van der Waals surface area contributed by atoms with E-state index in [1.807, 2.05) is 4.90 Å². The summed E-state index contributed by atoms with van der Waals surface area (Å²) in [5, 5.41) is 8.15. The molecule has 2 heterocycles. The Balaban J connectivity index is 1.80. The topological polar surface area (TPSA) is 27.1 Å². The average Bonchev–Trinajstić information content (AvgIpc) is 2.97. The number of nitrogens with zero attached hydrogens (tertiary/aromatic N) is 1. The molecule has 1 aromatic carbocycles. The smallest absolute Gasteiger partial charge is 0.129 e. The van der Waals surface area contributed by atoms with Crippen LogP contribution in [0, 0.1) is 11.2 Å². The fraction of sp³-hybridized carbons (Fsp3) is 0.267. The molecule has 0 saturated carbocycles. The SMILES string of the molecule is CCc1ccc(CN2Cc3ccc(F)cc3C2=N)s1. The predicted molar refractivity (Wildman–Crippen MR) is 76.2 cm³/mol. The molecule has 0 aliphatic carbocycles. The van der Waals surface area contributed by atoms with E-state index in [2.05, 4.69) is 19.1 Å². The van der Waals surface area contributed by atoms with Gasteiger partial charge in [0.25, 0.3) is 0 Å². The average molecular weight is 274 g/mol. The number of thiophene rings is 1. The van der Waals surface area contributed by atoms with E-state index in [0.29, 0.717) is 12.4 Å². The van der Waals surface area contributed by atoms with Crippen LogP contribution in [0.3, 0.4) is 0 Å². The van der Waals surface area contributed by atoms with E-state index in [1.165, 1.54) is 21.9 Å². The Kier molecular flexibility index (Phi) is 3.11. The Labute approximate surface area is 116 Å². The van der Waals surface area contributed by atoms with Gasteiger partial charge in [0, 0.05) is 21.9 Å². The van der Waals surface area contributed by atoms with Gasteiger partial charge in [-0.25, -0.2) is 4.39 Å². The number of benzene rings is 1. The summed E-state index contributed by atoms with van der Waals surface area (Å²) in [7, 11) is 0. The largest absolute Gasteiger partial charge is 0.347 e. The van der Waals surface area contributed by atoms with Crippen molar-refractivity contribution in [3.63, 3.8) is 0 Å². The first-order chi connectivity index (χ1) is 9.17. The lowest BCUT2D eigenvalue weighted by molar-refractivity contribution is 0.426. The third-order valence-corrected chi connectivity index (χ3v) is 4.63. The number of fused-ring (bicyclic) bond motifs is 1. The van der Waals surface area contributed by atoms with E-state index in [-0.39, 0.29) is 5.82 Å². The second-order valence-electron chi connectivity index (χ2n) is 4.73. The number of hydrogen-bond acceptors (Lipinski definition) is 2. The summed E-state index contributed by atoms with van der Waals surface area (Å²) in [5.74, 6) is 0.163. The molecule has 1 aromatic heterocycles. The molecule has 4 heteroatoms. The standard InChI is InChI=1S/C15H15FN2S/c1-2-12-5-6-13(19-12)9-18-8-10-3-4-11(16)7-14(10)15(18)17/h3-7,17H,2,8-9H2,1H3. The van der Waals surface area contributed by atoms with Gasteiger partial charge in [0.15, 0.2) is 0 Å². The van der Waals surface area contributed by atoms with Crippen LogP contribution in [0.4, 0.5) is 4.39 Å². The summed E-state index contributed by atoms with van der Waals surface area (Å²) in [4.78, 5) is 4.62. The molecule has 0 spiro atoms. The summed E-state index contributed by atoms with van der Waals surface area (Å²) < 4.78 is 13.2. The van der Waals surface area contributed by atoms with E-state index in [4.69, 9.17) is 5.41 Å². The molecule has 0 bridgehead atoms. The molecule has 2 nitrogen and oxygen atoms in total. The van der Waals surface area contributed by atoms with E-state index in [9.17, 15) is 4.39 Å². The lowest BCUT2D eigenvalue weighted by Gasteiger charge is -2.16.